The van der Waals surface area contributed by atoms with Crippen molar-refractivity contribution >= 4 is 30.7 Å². The largest absolute Gasteiger partial charge is 0.348 e. The second-order valence-electron chi connectivity index (χ2n) is 3.80. The number of aromatic nitrogens is 1. The van der Waals surface area contributed by atoms with Crippen molar-refractivity contribution in [3.63, 3.8) is 0 Å². The number of amides is 1. The average molecular weight is 278 g/mol. The standard InChI is InChI=1S/C11H15N3O.2ClH/c1-8-10(3-2-5-13-8)11(15)14-9-4-6-12-7-9;;/h2-3,5,9,12H,4,6-7H2,1H3,(H,14,15);2*1H. The van der Waals surface area contributed by atoms with Gasteiger partial charge in [0.2, 0.25) is 0 Å². The minimum Gasteiger partial charge on any atom is -0.348 e. The lowest BCUT2D eigenvalue weighted by atomic mass is 10.1. The third-order valence-corrected chi connectivity index (χ3v) is 2.65. The summed E-state index contributed by atoms with van der Waals surface area (Å²) in [5, 5.41) is 6.21. The third kappa shape index (κ3) is 4.15. The minimum absolute atomic E-state index is 0. The predicted octanol–water partition coefficient (Wildman–Crippen LogP) is 1.33. The van der Waals surface area contributed by atoms with Crippen LogP contribution in [0.1, 0.15) is 22.5 Å². The van der Waals surface area contributed by atoms with Crippen LogP contribution in [0, 0.1) is 6.92 Å². The number of carbonyl (C=O) groups excluding carboxylic acids is 1. The van der Waals surface area contributed by atoms with Crippen LogP contribution in [0.5, 0.6) is 0 Å². The van der Waals surface area contributed by atoms with Gasteiger partial charge in [-0.15, -0.1) is 24.8 Å². The normalized spacial score (nSPS) is 17.8. The first-order valence-corrected chi connectivity index (χ1v) is 5.20. The molecule has 1 aromatic heterocycles. The molecular weight excluding hydrogens is 261 g/mol. The van der Waals surface area contributed by atoms with E-state index in [9.17, 15) is 4.79 Å². The van der Waals surface area contributed by atoms with Crippen LogP contribution < -0.4 is 10.6 Å². The fourth-order valence-corrected chi connectivity index (χ4v) is 1.77. The van der Waals surface area contributed by atoms with Gasteiger partial charge in [-0.05, 0) is 32.0 Å². The first-order valence-electron chi connectivity index (χ1n) is 5.20. The summed E-state index contributed by atoms with van der Waals surface area (Å²) in [7, 11) is 0. The minimum atomic E-state index is -0.0192. The molecule has 0 spiro atoms. The number of halogens is 2. The van der Waals surface area contributed by atoms with E-state index in [-0.39, 0.29) is 36.8 Å². The summed E-state index contributed by atoms with van der Waals surface area (Å²) in [5.41, 5.74) is 1.45. The van der Waals surface area contributed by atoms with Crippen LogP contribution in [0.2, 0.25) is 0 Å². The Morgan fingerprint density at radius 3 is 2.88 bits per heavy atom. The average Bonchev–Trinajstić information content (AvgIpc) is 2.71. The molecule has 1 aromatic rings. The van der Waals surface area contributed by atoms with Crippen molar-refractivity contribution in [2.75, 3.05) is 13.1 Å². The number of nitrogens with one attached hydrogen (secondary N) is 2. The molecule has 2 heterocycles. The van der Waals surface area contributed by atoms with Gasteiger partial charge in [0.15, 0.2) is 0 Å². The fourth-order valence-electron chi connectivity index (χ4n) is 1.77. The van der Waals surface area contributed by atoms with E-state index in [0.29, 0.717) is 5.56 Å². The lowest BCUT2D eigenvalue weighted by Crippen LogP contribution is -2.36. The number of hydrogen-bond donors (Lipinski definition) is 2. The molecule has 17 heavy (non-hydrogen) atoms. The zero-order valence-corrected chi connectivity index (χ0v) is 11.2. The molecule has 4 nitrogen and oxygen atoms in total. The molecular formula is C11H17Cl2N3O. The van der Waals surface area contributed by atoms with Crippen molar-refractivity contribution in [1.29, 1.82) is 0 Å². The van der Waals surface area contributed by atoms with Gasteiger partial charge in [0.1, 0.15) is 0 Å². The van der Waals surface area contributed by atoms with Crippen molar-refractivity contribution in [2.45, 2.75) is 19.4 Å². The van der Waals surface area contributed by atoms with Crippen molar-refractivity contribution in [2.24, 2.45) is 0 Å². The highest BCUT2D eigenvalue weighted by molar-refractivity contribution is 5.95. The molecule has 0 radical (unpaired) electrons. The van der Waals surface area contributed by atoms with E-state index in [2.05, 4.69) is 15.6 Å². The molecule has 1 aliphatic heterocycles. The molecule has 1 atom stereocenters. The Morgan fingerprint density at radius 1 is 1.53 bits per heavy atom. The molecule has 0 aromatic carbocycles. The van der Waals surface area contributed by atoms with Gasteiger partial charge < -0.3 is 10.6 Å². The van der Waals surface area contributed by atoms with Gasteiger partial charge in [-0.3, -0.25) is 9.78 Å². The highest BCUT2D eigenvalue weighted by Crippen LogP contribution is 2.05. The van der Waals surface area contributed by atoms with Crippen molar-refractivity contribution < 1.29 is 4.79 Å². The Balaban J connectivity index is 0.00000128. The number of pyridine rings is 1. The van der Waals surface area contributed by atoms with Crippen LogP contribution in [0.25, 0.3) is 0 Å². The van der Waals surface area contributed by atoms with Gasteiger partial charge >= 0.3 is 0 Å². The summed E-state index contributed by atoms with van der Waals surface area (Å²) < 4.78 is 0. The summed E-state index contributed by atoms with van der Waals surface area (Å²) in [6.07, 6.45) is 2.70. The topological polar surface area (TPSA) is 54.0 Å². The SMILES string of the molecule is Cc1ncccc1C(=O)NC1CCNC1.Cl.Cl. The lowest BCUT2D eigenvalue weighted by Gasteiger charge is -2.11. The van der Waals surface area contributed by atoms with E-state index in [1.807, 2.05) is 6.92 Å². The lowest BCUT2D eigenvalue weighted by molar-refractivity contribution is 0.0939. The van der Waals surface area contributed by atoms with Gasteiger partial charge in [-0.1, -0.05) is 0 Å². The van der Waals surface area contributed by atoms with Crippen LogP contribution >= 0.6 is 24.8 Å². The Labute approximate surface area is 113 Å². The second-order valence-corrected chi connectivity index (χ2v) is 3.80. The van der Waals surface area contributed by atoms with Crippen LogP contribution in [-0.2, 0) is 0 Å². The smallest absolute Gasteiger partial charge is 0.253 e. The molecule has 1 amide bonds. The molecule has 1 unspecified atom stereocenters. The zero-order valence-electron chi connectivity index (χ0n) is 9.60. The summed E-state index contributed by atoms with van der Waals surface area (Å²) in [5.74, 6) is -0.0192. The molecule has 96 valence electrons. The Bertz CT molecular complexity index is 367. The maximum Gasteiger partial charge on any atom is 0.253 e. The van der Waals surface area contributed by atoms with Crippen LogP contribution in [-0.4, -0.2) is 30.0 Å². The quantitative estimate of drug-likeness (QED) is 0.858. The van der Waals surface area contributed by atoms with E-state index in [0.717, 1.165) is 25.2 Å². The van der Waals surface area contributed by atoms with Crippen molar-refractivity contribution in [3.8, 4) is 0 Å². The molecule has 6 heteroatoms. The fraction of sp³-hybridized carbons (Fsp3) is 0.455. The van der Waals surface area contributed by atoms with Crippen LogP contribution in [0.4, 0.5) is 0 Å². The number of rotatable bonds is 2. The maximum absolute atomic E-state index is 11.8. The van der Waals surface area contributed by atoms with E-state index >= 15 is 0 Å². The van der Waals surface area contributed by atoms with Crippen molar-refractivity contribution in [3.05, 3.63) is 29.6 Å². The van der Waals surface area contributed by atoms with E-state index < -0.39 is 0 Å². The predicted molar refractivity (Wildman–Crippen MR) is 72.2 cm³/mol. The molecule has 1 saturated heterocycles. The first kappa shape index (κ1) is 16.2. The summed E-state index contributed by atoms with van der Waals surface area (Å²) in [4.78, 5) is 15.9. The van der Waals surface area contributed by atoms with Crippen LogP contribution in [0.15, 0.2) is 18.3 Å². The molecule has 1 fully saturated rings. The van der Waals surface area contributed by atoms with Gasteiger partial charge in [0, 0.05) is 24.5 Å². The molecule has 1 aliphatic rings. The molecule has 0 saturated carbocycles. The number of aryl methyl sites for hydroxylation is 1. The molecule has 0 aliphatic carbocycles. The molecule has 2 N–H and O–H groups in total. The zero-order chi connectivity index (χ0) is 10.7. The number of carbonyl (C=O) groups is 1. The van der Waals surface area contributed by atoms with Crippen LogP contribution in [0.3, 0.4) is 0 Å². The number of nitrogens with zero attached hydrogens (tertiary/aromatic N) is 1. The van der Waals surface area contributed by atoms with Gasteiger partial charge in [-0.25, -0.2) is 0 Å². The highest BCUT2D eigenvalue weighted by atomic mass is 35.5. The van der Waals surface area contributed by atoms with E-state index in [1.54, 1.807) is 18.3 Å². The first-order chi connectivity index (χ1) is 7.27. The Hall–Kier alpha value is -0.840. The van der Waals surface area contributed by atoms with Gasteiger partial charge in [-0.2, -0.15) is 0 Å². The number of hydrogen-bond acceptors (Lipinski definition) is 3. The third-order valence-electron chi connectivity index (χ3n) is 2.65. The summed E-state index contributed by atoms with van der Waals surface area (Å²) in [6.45, 7) is 3.70. The van der Waals surface area contributed by atoms with Gasteiger partial charge in [0.25, 0.3) is 5.91 Å². The second kappa shape index (κ2) is 7.48. The van der Waals surface area contributed by atoms with E-state index in [4.69, 9.17) is 0 Å². The summed E-state index contributed by atoms with van der Waals surface area (Å²) >= 11 is 0. The molecule has 2 rings (SSSR count). The Kier molecular flexibility index (Phi) is 7.11. The highest BCUT2D eigenvalue weighted by Gasteiger charge is 2.18. The van der Waals surface area contributed by atoms with Gasteiger partial charge in [0.05, 0.1) is 5.56 Å². The van der Waals surface area contributed by atoms with E-state index in [1.165, 1.54) is 0 Å². The maximum atomic E-state index is 11.8. The molecule has 0 bridgehead atoms. The summed E-state index contributed by atoms with van der Waals surface area (Å²) in [6, 6.07) is 3.85. The Morgan fingerprint density at radius 2 is 2.29 bits per heavy atom. The van der Waals surface area contributed by atoms with Crippen molar-refractivity contribution in [1.82, 2.24) is 15.6 Å². The monoisotopic (exact) mass is 277 g/mol.